The molecule has 1 heterocycles. The van der Waals surface area contributed by atoms with Crippen LogP contribution in [0.5, 0.6) is 0 Å². The van der Waals surface area contributed by atoms with E-state index in [0.29, 0.717) is 24.3 Å². The molecule has 0 N–H and O–H groups in total. The van der Waals surface area contributed by atoms with Gasteiger partial charge in [0.1, 0.15) is 6.61 Å². The molecule has 2 fully saturated rings. The van der Waals surface area contributed by atoms with Crippen LogP contribution in [0.25, 0.3) is 0 Å². The number of benzene rings is 1. The van der Waals surface area contributed by atoms with Crippen molar-refractivity contribution < 1.29 is 14.3 Å². The predicted molar refractivity (Wildman–Crippen MR) is 87.8 cm³/mol. The summed E-state index contributed by atoms with van der Waals surface area (Å²) in [4.78, 5) is 25.9. The van der Waals surface area contributed by atoms with Crippen molar-refractivity contribution >= 4 is 12.0 Å². The third-order valence-corrected chi connectivity index (χ3v) is 4.81. The van der Waals surface area contributed by atoms with Crippen LogP contribution in [0, 0.1) is 5.92 Å². The van der Waals surface area contributed by atoms with E-state index < -0.39 is 6.09 Å². The van der Waals surface area contributed by atoms with Crippen molar-refractivity contribution in [3.05, 3.63) is 48.0 Å². The van der Waals surface area contributed by atoms with Gasteiger partial charge in [-0.25, -0.2) is 9.69 Å². The molecule has 4 heteroatoms. The molecule has 0 unspecified atom stereocenters. The molecule has 23 heavy (non-hydrogen) atoms. The molecule has 1 saturated heterocycles. The van der Waals surface area contributed by atoms with Crippen LogP contribution in [0.1, 0.15) is 37.7 Å². The summed E-state index contributed by atoms with van der Waals surface area (Å²) in [5.41, 5.74) is 1.63. The third-order valence-electron chi connectivity index (χ3n) is 4.81. The second-order valence-electron chi connectivity index (χ2n) is 6.55. The lowest BCUT2D eigenvalue weighted by Gasteiger charge is -2.21. The Morgan fingerprint density at radius 3 is 2.61 bits per heavy atom. The van der Waals surface area contributed by atoms with Gasteiger partial charge in [0.25, 0.3) is 5.91 Å². The number of cyclic esters (lactones) is 1. The smallest absolute Gasteiger partial charge is 0.417 e. The number of ether oxygens (including phenoxy) is 1. The molecule has 2 aliphatic rings. The van der Waals surface area contributed by atoms with Gasteiger partial charge in [0.05, 0.1) is 6.04 Å². The van der Waals surface area contributed by atoms with Crippen molar-refractivity contribution in [1.82, 2.24) is 4.90 Å². The lowest BCUT2D eigenvalue weighted by molar-refractivity contribution is -0.125. The zero-order valence-corrected chi connectivity index (χ0v) is 13.4. The van der Waals surface area contributed by atoms with Crippen LogP contribution in [0.3, 0.4) is 0 Å². The molecular formula is C19H23NO3. The topological polar surface area (TPSA) is 46.6 Å². The Morgan fingerprint density at radius 1 is 1.22 bits per heavy atom. The van der Waals surface area contributed by atoms with Crippen LogP contribution >= 0.6 is 0 Å². The van der Waals surface area contributed by atoms with Crippen LogP contribution in [-0.4, -0.2) is 29.5 Å². The SMILES string of the molecule is C=C(CC1CCCC1)C(=O)N1C(=O)OC[C@@H]1Cc1ccccc1. The van der Waals surface area contributed by atoms with Gasteiger partial charge in [0, 0.05) is 5.57 Å². The van der Waals surface area contributed by atoms with Gasteiger partial charge in [0.15, 0.2) is 0 Å². The monoisotopic (exact) mass is 313 g/mol. The number of nitrogens with zero attached hydrogens (tertiary/aromatic N) is 1. The third kappa shape index (κ3) is 3.63. The largest absolute Gasteiger partial charge is 0.447 e. The highest BCUT2D eigenvalue weighted by Crippen LogP contribution is 2.31. The lowest BCUT2D eigenvalue weighted by Crippen LogP contribution is -2.41. The Hall–Kier alpha value is -2.10. The molecule has 0 aromatic heterocycles. The molecule has 1 aliphatic carbocycles. The molecule has 4 nitrogen and oxygen atoms in total. The van der Waals surface area contributed by atoms with Crippen molar-refractivity contribution in [3.8, 4) is 0 Å². The fraction of sp³-hybridized carbons (Fsp3) is 0.474. The maximum Gasteiger partial charge on any atom is 0.417 e. The number of hydrogen-bond donors (Lipinski definition) is 0. The summed E-state index contributed by atoms with van der Waals surface area (Å²) in [6.45, 7) is 4.20. The molecule has 1 atom stereocenters. The minimum atomic E-state index is -0.538. The number of amides is 2. The first-order chi connectivity index (χ1) is 11.1. The van der Waals surface area contributed by atoms with E-state index in [4.69, 9.17) is 4.74 Å². The van der Waals surface area contributed by atoms with Gasteiger partial charge in [-0.1, -0.05) is 62.6 Å². The summed E-state index contributed by atoms with van der Waals surface area (Å²) in [5.74, 6) is 0.276. The first-order valence-corrected chi connectivity index (χ1v) is 8.37. The van der Waals surface area contributed by atoms with E-state index in [1.165, 1.54) is 17.7 Å². The van der Waals surface area contributed by atoms with E-state index in [-0.39, 0.29) is 18.6 Å². The minimum Gasteiger partial charge on any atom is -0.447 e. The van der Waals surface area contributed by atoms with E-state index in [0.717, 1.165) is 18.4 Å². The fourth-order valence-electron chi connectivity index (χ4n) is 3.57. The average molecular weight is 313 g/mol. The predicted octanol–water partition coefficient (Wildman–Crippen LogP) is 3.71. The maximum absolute atomic E-state index is 12.7. The zero-order chi connectivity index (χ0) is 16.2. The summed E-state index contributed by atoms with van der Waals surface area (Å²) < 4.78 is 5.12. The molecule has 2 amide bonds. The van der Waals surface area contributed by atoms with Crippen LogP contribution in [0.2, 0.25) is 0 Å². The highest BCUT2D eigenvalue weighted by Gasteiger charge is 2.39. The summed E-state index contributed by atoms with van der Waals surface area (Å²) in [6.07, 6.45) is 5.55. The molecule has 3 rings (SSSR count). The number of hydrogen-bond acceptors (Lipinski definition) is 3. The van der Waals surface area contributed by atoms with E-state index >= 15 is 0 Å². The molecule has 1 aromatic rings. The second-order valence-corrected chi connectivity index (χ2v) is 6.55. The molecule has 122 valence electrons. The number of imide groups is 1. The molecule has 1 saturated carbocycles. The van der Waals surface area contributed by atoms with E-state index in [1.807, 2.05) is 30.3 Å². The second kappa shape index (κ2) is 6.99. The molecule has 1 aliphatic heterocycles. The van der Waals surface area contributed by atoms with Crippen molar-refractivity contribution in [2.75, 3.05) is 6.61 Å². The summed E-state index contributed by atoms with van der Waals surface area (Å²) in [6, 6.07) is 9.62. The van der Waals surface area contributed by atoms with E-state index in [2.05, 4.69) is 6.58 Å². The van der Waals surface area contributed by atoms with Crippen LogP contribution in [0.4, 0.5) is 4.79 Å². The normalized spacial score (nSPS) is 21.5. The van der Waals surface area contributed by atoms with Gasteiger partial charge in [-0.3, -0.25) is 4.79 Å². The van der Waals surface area contributed by atoms with Gasteiger partial charge in [-0.2, -0.15) is 0 Å². The quantitative estimate of drug-likeness (QED) is 0.778. The van der Waals surface area contributed by atoms with Crippen molar-refractivity contribution in [2.24, 2.45) is 5.92 Å². The van der Waals surface area contributed by atoms with Gasteiger partial charge in [0.2, 0.25) is 0 Å². The van der Waals surface area contributed by atoms with Crippen LogP contribution in [-0.2, 0) is 16.0 Å². The van der Waals surface area contributed by atoms with E-state index in [9.17, 15) is 9.59 Å². The fourth-order valence-corrected chi connectivity index (χ4v) is 3.57. The minimum absolute atomic E-state index is 0.238. The Morgan fingerprint density at radius 2 is 1.91 bits per heavy atom. The van der Waals surface area contributed by atoms with Gasteiger partial charge in [-0.05, 0) is 24.3 Å². The zero-order valence-electron chi connectivity index (χ0n) is 13.4. The number of carbonyl (C=O) groups excluding carboxylic acids is 2. The lowest BCUT2D eigenvalue weighted by atomic mass is 9.97. The molecule has 0 spiro atoms. The Kier molecular flexibility index (Phi) is 4.79. The molecule has 1 aromatic carbocycles. The van der Waals surface area contributed by atoms with Crippen LogP contribution < -0.4 is 0 Å². The highest BCUT2D eigenvalue weighted by molar-refractivity contribution is 6.03. The van der Waals surface area contributed by atoms with Gasteiger partial charge < -0.3 is 4.74 Å². The van der Waals surface area contributed by atoms with Crippen LogP contribution in [0.15, 0.2) is 42.5 Å². The molecular weight excluding hydrogens is 290 g/mol. The summed E-state index contributed by atoms with van der Waals surface area (Å²) in [7, 11) is 0. The number of carbonyl (C=O) groups is 2. The highest BCUT2D eigenvalue weighted by atomic mass is 16.6. The first-order valence-electron chi connectivity index (χ1n) is 8.37. The Labute approximate surface area is 137 Å². The maximum atomic E-state index is 12.7. The van der Waals surface area contributed by atoms with Crippen molar-refractivity contribution in [2.45, 2.75) is 44.6 Å². The average Bonchev–Trinajstić information content (AvgIpc) is 3.18. The summed E-state index contributed by atoms with van der Waals surface area (Å²) in [5, 5.41) is 0. The molecule has 0 radical (unpaired) electrons. The molecule has 0 bridgehead atoms. The first kappa shape index (κ1) is 15.8. The van der Waals surface area contributed by atoms with Crippen molar-refractivity contribution in [1.29, 1.82) is 0 Å². The van der Waals surface area contributed by atoms with Gasteiger partial charge in [-0.15, -0.1) is 0 Å². The van der Waals surface area contributed by atoms with E-state index in [1.54, 1.807) is 0 Å². The van der Waals surface area contributed by atoms with Gasteiger partial charge >= 0.3 is 6.09 Å². The summed E-state index contributed by atoms with van der Waals surface area (Å²) >= 11 is 0. The number of rotatable bonds is 5. The Bertz CT molecular complexity index is 590. The Balaban J connectivity index is 1.66. The van der Waals surface area contributed by atoms with Crippen molar-refractivity contribution in [3.63, 3.8) is 0 Å². The standard InChI is InChI=1S/C19H23NO3/c1-14(11-15-9-5-6-10-15)18(21)20-17(13-23-19(20)22)12-16-7-3-2-4-8-16/h2-4,7-8,15,17H,1,5-6,9-13H2/t17-/m0/s1.